The van der Waals surface area contributed by atoms with Crippen LogP contribution in [0.4, 0.5) is 0 Å². The Labute approximate surface area is 204 Å². The van der Waals surface area contributed by atoms with Crippen molar-refractivity contribution in [2.24, 2.45) is 5.92 Å². The standard InChI is InChI=1S/C28H29NO6/c1-4-33-22-8-5-7-19(15-22)16-29-25(23-9-6-14-34-23)24(27(31)28(29)32)26(30)20-10-12-21(13-11-20)35-17-18(2)3/h5-15,18,25,30H,4,16-17H2,1-3H3/b26-24-. The van der Waals surface area contributed by atoms with Gasteiger partial charge in [-0.05, 0) is 66.9 Å². The van der Waals surface area contributed by atoms with Gasteiger partial charge in [-0.3, -0.25) is 9.59 Å². The van der Waals surface area contributed by atoms with Gasteiger partial charge in [0.05, 0.1) is 25.1 Å². The molecule has 1 saturated heterocycles. The van der Waals surface area contributed by atoms with Gasteiger partial charge < -0.3 is 23.9 Å². The summed E-state index contributed by atoms with van der Waals surface area (Å²) in [6.45, 7) is 7.24. The Bertz CT molecular complexity index is 1210. The van der Waals surface area contributed by atoms with Crippen LogP contribution in [-0.4, -0.2) is 34.9 Å². The second-order valence-corrected chi connectivity index (χ2v) is 8.75. The number of rotatable bonds is 9. The number of carbonyl (C=O) groups excluding carboxylic acids is 2. The maximum atomic E-state index is 13.1. The van der Waals surface area contributed by atoms with Gasteiger partial charge in [-0.2, -0.15) is 0 Å². The van der Waals surface area contributed by atoms with Crippen LogP contribution in [0.1, 0.15) is 43.7 Å². The molecule has 2 heterocycles. The molecular weight excluding hydrogens is 446 g/mol. The van der Waals surface area contributed by atoms with E-state index in [9.17, 15) is 14.7 Å². The van der Waals surface area contributed by atoms with Crippen molar-refractivity contribution in [2.45, 2.75) is 33.4 Å². The number of likely N-dealkylation sites (tertiary alicyclic amines) is 1. The number of aliphatic hydroxyl groups excluding tert-OH is 1. The third-order valence-electron chi connectivity index (χ3n) is 5.63. The highest BCUT2D eigenvalue weighted by Gasteiger charge is 2.47. The molecule has 1 N–H and O–H groups in total. The van der Waals surface area contributed by atoms with Gasteiger partial charge >= 0.3 is 0 Å². The van der Waals surface area contributed by atoms with Crippen LogP contribution in [0.5, 0.6) is 11.5 Å². The highest BCUT2D eigenvalue weighted by molar-refractivity contribution is 6.46. The lowest BCUT2D eigenvalue weighted by atomic mass is 9.99. The molecule has 0 saturated carbocycles. The third kappa shape index (κ3) is 5.24. The molecule has 0 radical (unpaired) electrons. The monoisotopic (exact) mass is 475 g/mol. The van der Waals surface area contributed by atoms with E-state index in [1.807, 2.05) is 31.2 Å². The number of Topliss-reactive ketones (excluding diaryl/α,β-unsaturated/α-hetero) is 1. The molecule has 1 atom stereocenters. The van der Waals surface area contributed by atoms with Gasteiger partial charge in [0.15, 0.2) is 0 Å². The van der Waals surface area contributed by atoms with Gasteiger partial charge in [-0.1, -0.05) is 26.0 Å². The molecule has 2 aromatic carbocycles. The van der Waals surface area contributed by atoms with Crippen LogP contribution in [0, 0.1) is 5.92 Å². The number of furan rings is 1. The van der Waals surface area contributed by atoms with E-state index in [4.69, 9.17) is 13.9 Å². The molecule has 0 bridgehead atoms. The van der Waals surface area contributed by atoms with Gasteiger partial charge in [0, 0.05) is 12.1 Å². The molecule has 0 spiro atoms. The number of carbonyl (C=O) groups is 2. The molecule has 1 aliphatic heterocycles. The SMILES string of the molecule is CCOc1cccc(CN2C(=O)C(=O)/C(=C(\O)c3ccc(OCC(C)C)cc3)C2c2ccco2)c1. The molecule has 3 aromatic rings. The lowest BCUT2D eigenvalue weighted by Crippen LogP contribution is -2.29. The van der Waals surface area contributed by atoms with E-state index in [0.29, 0.717) is 42.0 Å². The summed E-state index contributed by atoms with van der Waals surface area (Å²) in [5.41, 5.74) is 1.19. The summed E-state index contributed by atoms with van der Waals surface area (Å²) in [4.78, 5) is 27.7. The summed E-state index contributed by atoms with van der Waals surface area (Å²) in [7, 11) is 0. The Balaban J connectivity index is 1.69. The number of ether oxygens (including phenoxy) is 2. The first-order chi connectivity index (χ1) is 16.9. The number of aliphatic hydroxyl groups is 1. The quantitative estimate of drug-likeness (QED) is 0.255. The van der Waals surface area contributed by atoms with Crippen LogP contribution >= 0.6 is 0 Å². The predicted octanol–water partition coefficient (Wildman–Crippen LogP) is 5.34. The first kappa shape index (κ1) is 24.1. The largest absolute Gasteiger partial charge is 0.507 e. The van der Waals surface area contributed by atoms with E-state index in [1.54, 1.807) is 36.4 Å². The molecule has 0 aliphatic carbocycles. The Morgan fingerprint density at radius 1 is 1.03 bits per heavy atom. The number of nitrogens with zero attached hydrogens (tertiary/aromatic N) is 1. The smallest absolute Gasteiger partial charge is 0.296 e. The number of benzene rings is 2. The zero-order valence-electron chi connectivity index (χ0n) is 20.1. The molecule has 1 unspecified atom stereocenters. The molecule has 1 fully saturated rings. The molecule has 4 rings (SSSR count). The minimum Gasteiger partial charge on any atom is -0.507 e. The van der Waals surface area contributed by atoms with Crippen molar-refractivity contribution < 1.29 is 28.6 Å². The number of amides is 1. The van der Waals surface area contributed by atoms with Crippen LogP contribution in [-0.2, 0) is 16.1 Å². The van der Waals surface area contributed by atoms with Gasteiger partial charge in [0.1, 0.15) is 29.1 Å². The van der Waals surface area contributed by atoms with Gasteiger partial charge in [0.25, 0.3) is 11.7 Å². The normalized spacial score (nSPS) is 17.3. The Morgan fingerprint density at radius 3 is 2.46 bits per heavy atom. The van der Waals surface area contributed by atoms with Crippen molar-refractivity contribution in [2.75, 3.05) is 13.2 Å². The summed E-state index contributed by atoms with van der Waals surface area (Å²) < 4.78 is 16.9. The highest BCUT2D eigenvalue weighted by Crippen LogP contribution is 2.40. The van der Waals surface area contributed by atoms with Crippen molar-refractivity contribution in [3.05, 3.63) is 89.4 Å². The second-order valence-electron chi connectivity index (χ2n) is 8.75. The van der Waals surface area contributed by atoms with Gasteiger partial charge in [-0.15, -0.1) is 0 Å². The first-order valence-corrected chi connectivity index (χ1v) is 11.7. The fourth-order valence-corrected chi connectivity index (χ4v) is 4.01. The van der Waals surface area contributed by atoms with E-state index >= 15 is 0 Å². The van der Waals surface area contributed by atoms with Crippen molar-refractivity contribution in [3.63, 3.8) is 0 Å². The summed E-state index contributed by atoms with van der Waals surface area (Å²) in [6.07, 6.45) is 1.48. The maximum absolute atomic E-state index is 13.1. The van der Waals surface area contributed by atoms with Crippen LogP contribution < -0.4 is 9.47 Å². The van der Waals surface area contributed by atoms with Crippen LogP contribution in [0.3, 0.4) is 0 Å². The highest BCUT2D eigenvalue weighted by atomic mass is 16.5. The second kappa shape index (κ2) is 10.5. The van der Waals surface area contributed by atoms with E-state index in [0.717, 1.165) is 5.56 Å². The summed E-state index contributed by atoms with van der Waals surface area (Å²) >= 11 is 0. The van der Waals surface area contributed by atoms with Crippen LogP contribution in [0.15, 0.2) is 76.9 Å². The zero-order chi connectivity index (χ0) is 24.9. The topological polar surface area (TPSA) is 89.2 Å². The summed E-state index contributed by atoms with van der Waals surface area (Å²) in [6, 6.07) is 16.7. The fourth-order valence-electron chi connectivity index (χ4n) is 4.01. The van der Waals surface area contributed by atoms with E-state index in [1.165, 1.54) is 11.2 Å². The molecule has 7 heteroatoms. The molecule has 182 valence electrons. The number of ketones is 1. The maximum Gasteiger partial charge on any atom is 0.296 e. The Kier molecular flexibility index (Phi) is 7.25. The Morgan fingerprint density at radius 2 is 1.80 bits per heavy atom. The van der Waals surface area contributed by atoms with Crippen molar-refractivity contribution >= 4 is 17.4 Å². The van der Waals surface area contributed by atoms with Crippen LogP contribution in [0.25, 0.3) is 5.76 Å². The van der Waals surface area contributed by atoms with E-state index in [2.05, 4.69) is 13.8 Å². The first-order valence-electron chi connectivity index (χ1n) is 11.7. The molecular formula is C28H29NO6. The van der Waals surface area contributed by atoms with Gasteiger partial charge in [-0.25, -0.2) is 0 Å². The van der Waals surface area contributed by atoms with Crippen LogP contribution in [0.2, 0.25) is 0 Å². The average molecular weight is 476 g/mol. The minimum atomic E-state index is -0.863. The van der Waals surface area contributed by atoms with Crippen molar-refractivity contribution in [1.82, 2.24) is 4.90 Å². The fraction of sp³-hybridized carbons (Fsp3) is 0.286. The molecule has 1 amide bonds. The summed E-state index contributed by atoms with van der Waals surface area (Å²) in [5, 5.41) is 11.2. The number of hydrogen-bond acceptors (Lipinski definition) is 6. The summed E-state index contributed by atoms with van der Waals surface area (Å²) in [5.74, 6) is 0.385. The molecule has 1 aromatic heterocycles. The van der Waals surface area contributed by atoms with E-state index in [-0.39, 0.29) is 17.9 Å². The predicted molar refractivity (Wildman–Crippen MR) is 131 cm³/mol. The van der Waals surface area contributed by atoms with E-state index < -0.39 is 17.7 Å². The lowest BCUT2D eigenvalue weighted by Gasteiger charge is -2.23. The lowest BCUT2D eigenvalue weighted by molar-refractivity contribution is -0.140. The van der Waals surface area contributed by atoms with Gasteiger partial charge in [0.2, 0.25) is 0 Å². The molecule has 35 heavy (non-hydrogen) atoms. The number of hydrogen-bond donors (Lipinski definition) is 1. The minimum absolute atomic E-state index is 0.0123. The third-order valence-corrected chi connectivity index (χ3v) is 5.63. The Hall–Kier alpha value is -4.00. The molecule has 1 aliphatic rings. The zero-order valence-corrected chi connectivity index (χ0v) is 20.1. The molecule has 7 nitrogen and oxygen atoms in total. The van der Waals surface area contributed by atoms with Crippen molar-refractivity contribution in [1.29, 1.82) is 0 Å². The average Bonchev–Trinajstić information content (AvgIpc) is 3.46. The van der Waals surface area contributed by atoms with Crippen molar-refractivity contribution in [3.8, 4) is 11.5 Å².